The average molecular weight is 474 g/mol. The minimum atomic E-state index is 0. The van der Waals surface area contributed by atoms with E-state index in [0.29, 0.717) is 18.2 Å². The number of nitrogens with one attached hydrogen (secondary N) is 2. The van der Waals surface area contributed by atoms with Crippen LogP contribution in [0.3, 0.4) is 0 Å². The van der Waals surface area contributed by atoms with Gasteiger partial charge in [0.1, 0.15) is 11.6 Å². The van der Waals surface area contributed by atoms with Crippen molar-refractivity contribution in [1.29, 1.82) is 0 Å². The molecule has 2 N–H and O–H groups in total. The smallest absolute Gasteiger partial charge is 0.191 e. The first-order chi connectivity index (χ1) is 12.3. The molecule has 4 rings (SSSR count). The van der Waals surface area contributed by atoms with Crippen molar-refractivity contribution < 1.29 is 4.74 Å². The number of nitrogens with zero attached hydrogens (tertiary/aromatic N) is 4. The third-order valence-electron chi connectivity index (χ3n) is 5.56. The third-order valence-corrected chi connectivity index (χ3v) is 5.56. The molecule has 3 aliphatic rings. The predicted molar refractivity (Wildman–Crippen MR) is 112 cm³/mol. The van der Waals surface area contributed by atoms with E-state index in [1.807, 2.05) is 0 Å². The van der Waals surface area contributed by atoms with Gasteiger partial charge in [-0.25, -0.2) is 0 Å². The third kappa shape index (κ3) is 4.49. The standard InChI is InChI=1S/C18H30N6O.HI/c1-2-19-18(21-14-12-13-7-8-15(14)25-13)20-10-9-17-23-22-16-6-4-3-5-11-24(16)17;/h13-15H,2-12H2,1H3,(H2,19,20,21);1H. The molecule has 2 bridgehead atoms. The van der Waals surface area contributed by atoms with Crippen LogP contribution in [0.25, 0.3) is 0 Å². The summed E-state index contributed by atoms with van der Waals surface area (Å²) in [6, 6.07) is 0.404. The van der Waals surface area contributed by atoms with Gasteiger partial charge in [0.05, 0.1) is 18.2 Å². The van der Waals surface area contributed by atoms with Gasteiger partial charge in [-0.15, -0.1) is 34.2 Å². The van der Waals surface area contributed by atoms with E-state index in [0.717, 1.165) is 56.5 Å². The average Bonchev–Trinajstić information content (AvgIpc) is 3.28. The maximum absolute atomic E-state index is 5.93. The molecule has 3 aliphatic heterocycles. The molecule has 1 aromatic heterocycles. The van der Waals surface area contributed by atoms with Crippen molar-refractivity contribution in [3.05, 3.63) is 11.6 Å². The van der Waals surface area contributed by atoms with Crippen molar-refractivity contribution in [3.8, 4) is 0 Å². The highest BCUT2D eigenvalue weighted by Crippen LogP contribution is 2.34. The summed E-state index contributed by atoms with van der Waals surface area (Å²) >= 11 is 0. The summed E-state index contributed by atoms with van der Waals surface area (Å²) in [5.41, 5.74) is 0. The van der Waals surface area contributed by atoms with E-state index in [-0.39, 0.29) is 24.0 Å². The number of ether oxygens (including phenoxy) is 1. The maximum Gasteiger partial charge on any atom is 0.191 e. The molecule has 0 radical (unpaired) electrons. The normalized spacial score (nSPS) is 27.6. The van der Waals surface area contributed by atoms with E-state index < -0.39 is 0 Å². The lowest BCUT2D eigenvalue weighted by Gasteiger charge is -2.22. The van der Waals surface area contributed by atoms with Crippen LogP contribution in [0.15, 0.2) is 4.99 Å². The molecule has 3 unspecified atom stereocenters. The van der Waals surface area contributed by atoms with E-state index in [4.69, 9.17) is 9.73 Å². The summed E-state index contributed by atoms with van der Waals surface area (Å²) in [5, 5.41) is 15.7. The lowest BCUT2D eigenvalue weighted by molar-refractivity contribution is 0.0992. The number of guanidine groups is 1. The molecule has 1 aromatic rings. The quantitative estimate of drug-likeness (QED) is 0.388. The van der Waals surface area contributed by atoms with Crippen molar-refractivity contribution in [2.45, 2.75) is 83.1 Å². The number of fused-ring (bicyclic) bond motifs is 3. The van der Waals surface area contributed by atoms with Crippen LogP contribution in [0, 0.1) is 0 Å². The summed E-state index contributed by atoms with van der Waals surface area (Å²) in [4.78, 5) is 4.77. The van der Waals surface area contributed by atoms with Crippen molar-refractivity contribution in [2.24, 2.45) is 4.99 Å². The first kappa shape index (κ1) is 19.9. The number of halogens is 1. The molecule has 0 aromatic carbocycles. The summed E-state index contributed by atoms with van der Waals surface area (Å²) in [7, 11) is 0. The molecule has 0 spiro atoms. The van der Waals surface area contributed by atoms with Gasteiger partial charge in [0, 0.05) is 32.5 Å². The minimum Gasteiger partial charge on any atom is -0.373 e. The van der Waals surface area contributed by atoms with Gasteiger partial charge in [-0.3, -0.25) is 4.99 Å². The Balaban J connectivity index is 0.00000196. The van der Waals surface area contributed by atoms with Gasteiger partial charge >= 0.3 is 0 Å². The maximum atomic E-state index is 5.93. The van der Waals surface area contributed by atoms with E-state index in [9.17, 15) is 0 Å². The van der Waals surface area contributed by atoms with E-state index in [1.165, 1.54) is 32.1 Å². The number of aromatic nitrogens is 3. The molecule has 2 saturated heterocycles. The van der Waals surface area contributed by atoms with Gasteiger partial charge in [-0.1, -0.05) is 6.42 Å². The van der Waals surface area contributed by atoms with E-state index in [2.05, 4.69) is 32.3 Å². The van der Waals surface area contributed by atoms with Crippen LogP contribution in [0.5, 0.6) is 0 Å². The molecule has 0 amide bonds. The lowest BCUT2D eigenvalue weighted by atomic mass is 9.96. The number of aryl methyl sites for hydroxylation is 1. The topological polar surface area (TPSA) is 76.4 Å². The zero-order chi connectivity index (χ0) is 17.1. The van der Waals surface area contributed by atoms with Crippen molar-refractivity contribution >= 4 is 29.9 Å². The van der Waals surface area contributed by atoms with Crippen LogP contribution in [0.4, 0.5) is 0 Å². The molecule has 2 fully saturated rings. The molecule has 4 heterocycles. The van der Waals surface area contributed by atoms with Crippen molar-refractivity contribution in [2.75, 3.05) is 13.1 Å². The van der Waals surface area contributed by atoms with Crippen molar-refractivity contribution in [1.82, 2.24) is 25.4 Å². The molecule has 3 atom stereocenters. The fourth-order valence-electron chi connectivity index (χ4n) is 4.28. The lowest BCUT2D eigenvalue weighted by Crippen LogP contribution is -2.47. The second-order valence-electron chi connectivity index (χ2n) is 7.37. The van der Waals surface area contributed by atoms with Gasteiger partial charge in [-0.2, -0.15) is 0 Å². The monoisotopic (exact) mass is 474 g/mol. The summed E-state index contributed by atoms with van der Waals surface area (Å²) in [6.45, 7) is 4.76. The SMILES string of the molecule is CCNC(=NCCc1nnc2n1CCCCC2)NC1CC2CCC1O2.I. The van der Waals surface area contributed by atoms with Crippen molar-refractivity contribution in [3.63, 3.8) is 0 Å². The fraction of sp³-hybridized carbons (Fsp3) is 0.833. The molecule has 8 heteroatoms. The molecule has 0 saturated carbocycles. The molecule has 146 valence electrons. The van der Waals surface area contributed by atoms with Crippen LogP contribution >= 0.6 is 24.0 Å². The summed E-state index contributed by atoms with van der Waals surface area (Å²) in [6.07, 6.45) is 9.97. The fourth-order valence-corrected chi connectivity index (χ4v) is 4.28. The molecule has 26 heavy (non-hydrogen) atoms. The molecular formula is C18H31IN6O. The highest BCUT2D eigenvalue weighted by atomic mass is 127. The number of rotatable bonds is 5. The molecular weight excluding hydrogens is 443 g/mol. The Kier molecular flexibility index (Phi) is 7.13. The Labute approximate surface area is 172 Å². The predicted octanol–water partition coefficient (Wildman–Crippen LogP) is 2.04. The van der Waals surface area contributed by atoms with Gasteiger partial charge < -0.3 is 19.9 Å². The van der Waals surface area contributed by atoms with Gasteiger partial charge in [0.15, 0.2) is 5.96 Å². The van der Waals surface area contributed by atoms with Crippen LogP contribution in [0.1, 0.15) is 57.1 Å². The Hall–Kier alpha value is -0.900. The van der Waals surface area contributed by atoms with Crippen LogP contribution in [-0.2, 0) is 24.1 Å². The first-order valence-electron chi connectivity index (χ1n) is 9.94. The second kappa shape index (κ2) is 9.34. The zero-order valence-electron chi connectivity index (χ0n) is 15.6. The largest absolute Gasteiger partial charge is 0.373 e. The summed E-state index contributed by atoms with van der Waals surface area (Å²) in [5.74, 6) is 3.14. The van der Waals surface area contributed by atoms with Gasteiger partial charge in [-0.05, 0) is 39.0 Å². The highest BCUT2D eigenvalue weighted by molar-refractivity contribution is 14.0. The number of aliphatic imine (C=N–C) groups is 1. The molecule has 0 aliphatic carbocycles. The van der Waals surface area contributed by atoms with Gasteiger partial charge in [0.25, 0.3) is 0 Å². The number of hydrogen-bond donors (Lipinski definition) is 2. The van der Waals surface area contributed by atoms with Crippen LogP contribution in [-0.4, -0.2) is 52.1 Å². The first-order valence-corrected chi connectivity index (χ1v) is 9.94. The Morgan fingerprint density at radius 2 is 2.19 bits per heavy atom. The Morgan fingerprint density at radius 1 is 1.27 bits per heavy atom. The minimum absolute atomic E-state index is 0. The number of hydrogen-bond acceptors (Lipinski definition) is 4. The second-order valence-corrected chi connectivity index (χ2v) is 7.37. The van der Waals surface area contributed by atoms with Crippen LogP contribution < -0.4 is 10.6 Å². The summed E-state index contributed by atoms with van der Waals surface area (Å²) < 4.78 is 8.25. The van der Waals surface area contributed by atoms with E-state index >= 15 is 0 Å². The van der Waals surface area contributed by atoms with E-state index in [1.54, 1.807) is 0 Å². The Morgan fingerprint density at radius 3 is 2.96 bits per heavy atom. The Bertz CT molecular complexity index is 619. The highest BCUT2D eigenvalue weighted by Gasteiger charge is 2.41. The van der Waals surface area contributed by atoms with Gasteiger partial charge in [0.2, 0.25) is 0 Å². The zero-order valence-corrected chi connectivity index (χ0v) is 17.9. The molecule has 7 nitrogen and oxygen atoms in total. The van der Waals surface area contributed by atoms with Crippen LogP contribution in [0.2, 0.25) is 0 Å².